The number of rotatable bonds is 3. The number of amides is 1. The molecule has 2 heterocycles. The van der Waals surface area contributed by atoms with Gasteiger partial charge in [0.05, 0.1) is 5.69 Å². The Morgan fingerprint density at radius 2 is 2.15 bits per heavy atom. The SMILES string of the molecule is COCN1C(=O)COc2cc(N3CCNCC3)ccc21. The molecule has 0 spiro atoms. The fourth-order valence-electron chi connectivity index (χ4n) is 2.58. The summed E-state index contributed by atoms with van der Waals surface area (Å²) in [6.07, 6.45) is 0. The second-order valence-corrected chi connectivity index (χ2v) is 4.92. The third-order valence-electron chi connectivity index (χ3n) is 3.63. The van der Waals surface area contributed by atoms with Gasteiger partial charge in [0.2, 0.25) is 0 Å². The number of hydrogen-bond acceptors (Lipinski definition) is 5. The molecule has 3 rings (SSSR count). The lowest BCUT2D eigenvalue weighted by molar-refractivity contribution is -0.122. The Morgan fingerprint density at radius 3 is 2.90 bits per heavy atom. The van der Waals surface area contributed by atoms with E-state index in [0.717, 1.165) is 43.3 Å². The van der Waals surface area contributed by atoms with Crippen molar-refractivity contribution in [3.63, 3.8) is 0 Å². The Morgan fingerprint density at radius 1 is 1.35 bits per heavy atom. The van der Waals surface area contributed by atoms with Crippen molar-refractivity contribution in [2.24, 2.45) is 0 Å². The zero-order valence-corrected chi connectivity index (χ0v) is 11.6. The highest BCUT2D eigenvalue weighted by Crippen LogP contribution is 2.35. The number of nitrogens with zero attached hydrogens (tertiary/aromatic N) is 2. The van der Waals surface area contributed by atoms with Gasteiger partial charge >= 0.3 is 0 Å². The second-order valence-electron chi connectivity index (χ2n) is 4.92. The number of carbonyl (C=O) groups excluding carboxylic acids is 1. The lowest BCUT2D eigenvalue weighted by Crippen LogP contribution is -2.43. The minimum absolute atomic E-state index is 0.0708. The van der Waals surface area contributed by atoms with Crippen LogP contribution in [0.15, 0.2) is 18.2 Å². The summed E-state index contributed by atoms with van der Waals surface area (Å²) >= 11 is 0. The van der Waals surface area contributed by atoms with E-state index in [1.165, 1.54) is 0 Å². The van der Waals surface area contributed by atoms with Crippen molar-refractivity contribution >= 4 is 17.3 Å². The molecule has 1 amide bonds. The van der Waals surface area contributed by atoms with Gasteiger partial charge in [0, 0.05) is 45.0 Å². The molecule has 6 nitrogen and oxygen atoms in total. The largest absolute Gasteiger partial charge is 0.481 e. The summed E-state index contributed by atoms with van der Waals surface area (Å²) in [6.45, 7) is 4.28. The zero-order valence-electron chi connectivity index (χ0n) is 11.6. The van der Waals surface area contributed by atoms with Crippen LogP contribution in [0, 0.1) is 0 Å². The van der Waals surface area contributed by atoms with Gasteiger partial charge in [-0.05, 0) is 12.1 Å². The fraction of sp³-hybridized carbons (Fsp3) is 0.500. The summed E-state index contributed by atoms with van der Waals surface area (Å²) in [5.41, 5.74) is 1.92. The molecular formula is C14H19N3O3. The summed E-state index contributed by atoms with van der Waals surface area (Å²) in [5.74, 6) is 0.673. The molecule has 0 atom stereocenters. The molecule has 0 saturated carbocycles. The summed E-state index contributed by atoms with van der Waals surface area (Å²) in [4.78, 5) is 15.8. The maximum absolute atomic E-state index is 11.8. The van der Waals surface area contributed by atoms with Gasteiger partial charge in [-0.25, -0.2) is 0 Å². The van der Waals surface area contributed by atoms with Crippen molar-refractivity contribution in [3.05, 3.63) is 18.2 Å². The molecular weight excluding hydrogens is 258 g/mol. The van der Waals surface area contributed by atoms with Crippen molar-refractivity contribution in [2.75, 3.05) is 56.4 Å². The van der Waals surface area contributed by atoms with E-state index < -0.39 is 0 Å². The number of methoxy groups -OCH3 is 1. The van der Waals surface area contributed by atoms with Crippen LogP contribution in [0.5, 0.6) is 5.75 Å². The van der Waals surface area contributed by atoms with Crippen LogP contribution in [0.3, 0.4) is 0 Å². The van der Waals surface area contributed by atoms with Gasteiger partial charge in [0.25, 0.3) is 5.91 Å². The minimum atomic E-state index is -0.0747. The van der Waals surface area contributed by atoms with E-state index in [0.29, 0.717) is 0 Å². The highest BCUT2D eigenvalue weighted by Gasteiger charge is 2.26. The fourth-order valence-corrected chi connectivity index (χ4v) is 2.58. The number of benzene rings is 1. The van der Waals surface area contributed by atoms with Crippen molar-refractivity contribution in [1.82, 2.24) is 5.32 Å². The highest BCUT2D eigenvalue weighted by atomic mass is 16.5. The normalized spacial score (nSPS) is 18.8. The molecule has 0 aliphatic carbocycles. The van der Waals surface area contributed by atoms with E-state index in [1.807, 2.05) is 18.2 Å². The predicted octanol–water partition coefficient (Wildman–Crippen LogP) is 0.426. The molecule has 108 valence electrons. The average Bonchev–Trinajstić information content (AvgIpc) is 2.51. The first kappa shape index (κ1) is 13.2. The quantitative estimate of drug-likeness (QED) is 0.868. The van der Waals surface area contributed by atoms with Gasteiger partial charge in [-0.1, -0.05) is 0 Å². The van der Waals surface area contributed by atoms with E-state index >= 15 is 0 Å². The molecule has 0 bridgehead atoms. The molecule has 1 saturated heterocycles. The van der Waals surface area contributed by atoms with Gasteiger partial charge in [-0.3, -0.25) is 9.69 Å². The number of fused-ring (bicyclic) bond motifs is 1. The Kier molecular flexibility index (Phi) is 3.75. The van der Waals surface area contributed by atoms with Crippen LogP contribution < -0.4 is 19.9 Å². The molecule has 1 N–H and O–H groups in total. The van der Waals surface area contributed by atoms with Gasteiger partial charge in [-0.2, -0.15) is 0 Å². The molecule has 0 aromatic heterocycles. The summed E-state index contributed by atoms with van der Waals surface area (Å²) in [5, 5.41) is 3.33. The van der Waals surface area contributed by atoms with Gasteiger partial charge in [-0.15, -0.1) is 0 Å². The number of anilines is 2. The second kappa shape index (κ2) is 5.68. The van der Waals surface area contributed by atoms with Crippen molar-refractivity contribution in [2.45, 2.75) is 0 Å². The maximum Gasteiger partial charge on any atom is 0.266 e. The average molecular weight is 277 g/mol. The molecule has 0 unspecified atom stereocenters. The number of ether oxygens (including phenoxy) is 2. The van der Waals surface area contributed by atoms with Gasteiger partial charge < -0.3 is 19.7 Å². The van der Waals surface area contributed by atoms with Gasteiger partial charge in [0.1, 0.15) is 12.5 Å². The first-order valence-electron chi connectivity index (χ1n) is 6.81. The Labute approximate surface area is 118 Å². The van der Waals surface area contributed by atoms with Crippen LogP contribution in [0.4, 0.5) is 11.4 Å². The maximum atomic E-state index is 11.8. The lowest BCUT2D eigenvalue weighted by Gasteiger charge is -2.32. The van der Waals surface area contributed by atoms with E-state index in [-0.39, 0.29) is 19.2 Å². The van der Waals surface area contributed by atoms with E-state index in [9.17, 15) is 4.79 Å². The Hall–Kier alpha value is -1.79. The van der Waals surface area contributed by atoms with E-state index in [2.05, 4.69) is 10.2 Å². The Bertz CT molecular complexity index is 500. The van der Waals surface area contributed by atoms with Crippen molar-refractivity contribution in [1.29, 1.82) is 0 Å². The van der Waals surface area contributed by atoms with E-state index in [1.54, 1.807) is 12.0 Å². The zero-order chi connectivity index (χ0) is 13.9. The van der Waals surface area contributed by atoms with Crippen LogP contribution in [-0.4, -0.2) is 52.5 Å². The molecule has 1 aromatic carbocycles. The minimum Gasteiger partial charge on any atom is -0.481 e. The van der Waals surface area contributed by atoms with Gasteiger partial charge in [0.15, 0.2) is 6.61 Å². The third-order valence-corrected chi connectivity index (χ3v) is 3.63. The number of piperazine rings is 1. The standard InChI is InChI=1S/C14H19N3O3/c1-19-10-17-12-3-2-11(16-6-4-15-5-7-16)8-13(12)20-9-14(17)18/h2-3,8,15H,4-7,9-10H2,1H3. The summed E-state index contributed by atoms with van der Waals surface area (Å²) in [6, 6.07) is 5.98. The monoisotopic (exact) mass is 277 g/mol. The number of nitrogens with one attached hydrogen (secondary N) is 1. The van der Waals surface area contributed by atoms with E-state index in [4.69, 9.17) is 9.47 Å². The first-order valence-corrected chi connectivity index (χ1v) is 6.81. The summed E-state index contributed by atoms with van der Waals surface area (Å²) in [7, 11) is 1.58. The van der Waals surface area contributed by atoms with Crippen LogP contribution in [0.2, 0.25) is 0 Å². The molecule has 0 radical (unpaired) electrons. The molecule has 1 aromatic rings. The van der Waals surface area contributed by atoms with Crippen molar-refractivity contribution < 1.29 is 14.3 Å². The molecule has 2 aliphatic rings. The van der Waals surface area contributed by atoms with Crippen LogP contribution >= 0.6 is 0 Å². The third kappa shape index (κ3) is 2.44. The van der Waals surface area contributed by atoms with Crippen molar-refractivity contribution in [3.8, 4) is 5.75 Å². The number of hydrogen-bond donors (Lipinski definition) is 1. The smallest absolute Gasteiger partial charge is 0.266 e. The Balaban J connectivity index is 1.86. The van der Waals surface area contributed by atoms with Crippen LogP contribution in [-0.2, 0) is 9.53 Å². The molecule has 20 heavy (non-hydrogen) atoms. The molecule has 2 aliphatic heterocycles. The molecule has 1 fully saturated rings. The topological polar surface area (TPSA) is 54.0 Å². The first-order chi connectivity index (χ1) is 9.79. The summed E-state index contributed by atoms with van der Waals surface area (Å²) < 4.78 is 10.6. The lowest BCUT2D eigenvalue weighted by atomic mass is 10.2. The van der Waals surface area contributed by atoms with Crippen LogP contribution in [0.1, 0.15) is 0 Å². The predicted molar refractivity (Wildman–Crippen MR) is 76.4 cm³/mol. The molecule has 6 heteroatoms. The van der Waals surface area contributed by atoms with Crippen LogP contribution in [0.25, 0.3) is 0 Å². The number of carbonyl (C=O) groups is 1. The highest BCUT2D eigenvalue weighted by molar-refractivity contribution is 5.98.